The monoisotopic (exact) mass is 533 g/mol. The van der Waals surface area contributed by atoms with Gasteiger partial charge < -0.3 is 20.7 Å². The van der Waals surface area contributed by atoms with E-state index in [1.807, 2.05) is 68.1 Å². The fourth-order valence-electron chi connectivity index (χ4n) is 4.93. The van der Waals surface area contributed by atoms with E-state index in [1.54, 1.807) is 34.1 Å². The Balaban J connectivity index is 1.11. The molecule has 6 rings (SSSR count). The number of anilines is 1. The Morgan fingerprint density at radius 2 is 1.88 bits per heavy atom. The number of pyridine rings is 2. The molecular weight excluding hydrogens is 506 g/mol. The Bertz CT molecular complexity index is 1730. The van der Waals surface area contributed by atoms with E-state index >= 15 is 0 Å². The molecule has 5 aromatic rings. The molecule has 4 heterocycles. The lowest BCUT2D eigenvalue weighted by Gasteiger charge is -2.17. The van der Waals surface area contributed by atoms with Gasteiger partial charge in [-0.15, -0.1) is 0 Å². The van der Waals surface area contributed by atoms with Crippen LogP contribution in [0, 0.1) is 0 Å². The van der Waals surface area contributed by atoms with Crippen LogP contribution in [0.1, 0.15) is 16.8 Å². The number of hydrogen-bond acceptors (Lipinski definition) is 7. The van der Waals surface area contributed by atoms with Crippen LogP contribution in [0.2, 0.25) is 0 Å². The van der Waals surface area contributed by atoms with E-state index in [0.29, 0.717) is 25.3 Å². The van der Waals surface area contributed by atoms with Gasteiger partial charge in [0, 0.05) is 73.0 Å². The van der Waals surface area contributed by atoms with Gasteiger partial charge in [-0.25, -0.2) is 9.78 Å². The molecule has 10 nitrogen and oxygen atoms in total. The van der Waals surface area contributed by atoms with Crippen LogP contribution in [-0.4, -0.2) is 55.8 Å². The number of hydrogen-bond donors (Lipinski definition) is 2. The maximum atomic E-state index is 13.1. The number of likely N-dealkylation sites (tertiary alicyclic amines) is 1. The Morgan fingerprint density at radius 1 is 1.00 bits per heavy atom. The summed E-state index contributed by atoms with van der Waals surface area (Å²) in [4.78, 5) is 36.2. The summed E-state index contributed by atoms with van der Waals surface area (Å²) in [6, 6.07) is 16.9. The fourth-order valence-corrected chi connectivity index (χ4v) is 4.93. The summed E-state index contributed by atoms with van der Waals surface area (Å²) in [5.74, 6) is 0.238. The normalized spacial score (nSPS) is 14.8. The number of nitrogens with zero attached hydrogens (tertiary/aromatic N) is 5. The number of aromatic nitrogens is 4. The number of rotatable bonds is 5. The predicted molar refractivity (Wildman–Crippen MR) is 151 cm³/mol. The van der Waals surface area contributed by atoms with E-state index in [4.69, 9.17) is 10.5 Å². The highest BCUT2D eigenvalue weighted by molar-refractivity contribution is 5.99. The molecule has 0 unspecified atom stereocenters. The van der Waals surface area contributed by atoms with Gasteiger partial charge in [-0.1, -0.05) is 36.4 Å². The van der Waals surface area contributed by atoms with E-state index in [1.165, 1.54) is 0 Å². The molecule has 1 fully saturated rings. The van der Waals surface area contributed by atoms with Crippen molar-refractivity contribution in [3.8, 4) is 28.0 Å². The second-order valence-corrected chi connectivity index (χ2v) is 9.77. The highest BCUT2D eigenvalue weighted by Crippen LogP contribution is 2.30. The van der Waals surface area contributed by atoms with Crippen molar-refractivity contribution >= 4 is 28.6 Å². The number of benzene rings is 2. The first-order valence-electron chi connectivity index (χ1n) is 12.9. The number of aryl methyl sites for hydroxylation is 1. The van der Waals surface area contributed by atoms with Crippen LogP contribution in [0.4, 0.5) is 10.6 Å². The van der Waals surface area contributed by atoms with Gasteiger partial charge in [-0.2, -0.15) is 5.10 Å². The predicted octanol–water partition coefficient (Wildman–Crippen LogP) is 4.28. The number of nitrogens with one attached hydrogen (secondary N) is 1. The summed E-state index contributed by atoms with van der Waals surface area (Å²) in [6.07, 6.45) is 8.91. The molecule has 1 aliphatic heterocycles. The zero-order chi connectivity index (χ0) is 27.6. The van der Waals surface area contributed by atoms with Crippen molar-refractivity contribution in [3.05, 3.63) is 91.1 Å². The molecule has 0 spiro atoms. The van der Waals surface area contributed by atoms with Crippen molar-refractivity contribution in [2.75, 3.05) is 18.8 Å². The molecule has 3 N–H and O–H groups in total. The van der Waals surface area contributed by atoms with E-state index in [0.717, 1.165) is 33.0 Å². The second kappa shape index (κ2) is 10.5. The number of nitrogen functional groups attached to an aromatic ring is 1. The summed E-state index contributed by atoms with van der Waals surface area (Å²) in [7, 11) is 1.82. The maximum absolute atomic E-state index is 13.1. The van der Waals surface area contributed by atoms with Crippen LogP contribution in [0.15, 0.2) is 85.6 Å². The van der Waals surface area contributed by atoms with Crippen LogP contribution < -0.4 is 15.8 Å². The third kappa shape index (κ3) is 5.06. The third-order valence-electron chi connectivity index (χ3n) is 7.00. The van der Waals surface area contributed by atoms with Gasteiger partial charge in [0.25, 0.3) is 5.91 Å². The van der Waals surface area contributed by atoms with Gasteiger partial charge in [-0.05, 0) is 35.6 Å². The van der Waals surface area contributed by atoms with Gasteiger partial charge in [0.1, 0.15) is 11.6 Å². The molecule has 2 amide bonds. The van der Waals surface area contributed by atoms with E-state index in [-0.39, 0.29) is 23.3 Å². The summed E-state index contributed by atoms with van der Waals surface area (Å²) in [6.45, 7) is 0.785. The van der Waals surface area contributed by atoms with Crippen molar-refractivity contribution in [2.24, 2.45) is 7.05 Å². The van der Waals surface area contributed by atoms with Crippen molar-refractivity contribution in [2.45, 2.75) is 12.5 Å². The standard InChI is InChI=1S/C30H27N7O3/c1-36-17-22(15-34-36)21-12-26(28(31)33-14-21)29(38)35-23-9-10-37(18-23)30(39)40-24-7-4-6-19(11-24)27-16-32-13-20-5-2-3-8-25(20)27/h2-8,11-17,23H,9-10,18H2,1H3,(H2,31,33)(H,35,38)/t23-/m1/s1. The second-order valence-electron chi connectivity index (χ2n) is 9.77. The first-order valence-corrected chi connectivity index (χ1v) is 12.9. The summed E-state index contributed by atoms with van der Waals surface area (Å²) >= 11 is 0. The Kier molecular flexibility index (Phi) is 6.57. The lowest BCUT2D eigenvalue weighted by atomic mass is 10.0. The molecule has 1 atom stereocenters. The molecule has 1 saturated heterocycles. The van der Waals surface area contributed by atoms with Gasteiger partial charge >= 0.3 is 6.09 Å². The van der Waals surface area contributed by atoms with Crippen molar-refractivity contribution in [1.29, 1.82) is 0 Å². The Hall–Kier alpha value is -5.25. The highest BCUT2D eigenvalue weighted by atomic mass is 16.6. The minimum absolute atomic E-state index is 0.140. The van der Waals surface area contributed by atoms with Gasteiger partial charge in [0.05, 0.1) is 11.8 Å². The molecule has 200 valence electrons. The van der Waals surface area contributed by atoms with Crippen molar-refractivity contribution < 1.29 is 14.3 Å². The number of ether oxygens (including phenoxy) is 1. The Morgan fingerprint density at radius 3 is 2.73 bits per heavy atom. The first kappa shape index (κ1) is 25.1. The number of carbonyl (C=O) groups is 2. The van der Waals surface area contributed by atoms with Gasteiger partial charge in [0.2, 0.25) is 0 Å². The molecule has 0 saturated carbocycles. The Labute approximate surface area is 230 Å². The van der Waals surface area contributed by atoms with Gasteiger partial charge in [0.15, 0.2) is 0 Å². The number of fused-ring (bicyclic) bond motifs is 1. The summed E-state index contributed by atoms with van der Waals surface area (Å²) in [5.41, 5.74) is 9.73. The topological polar surface area (TPSA) is 128 Å². The molecule has 0 aliphatic carbocycles. The first-order chi connectivity index (χ1) is 19.4. The summed E-state index contributed by atoms with van der Waals surface area (Å²) in [5, 5.41) is 9.25. The molecule has 0 radical (unpaired) electrons. The molecule has 0 bridgehead atoms. The molecule has 3 aromatic heterocycles. The lowest BCUT2D eigenvalue weighted by Crippen LogP contribution is -2.39. The average Bonchev–Trinajstić information content (AvgIpc) is 3.62. The molecular formula is C30H27N7O3. The van der Waals surface area contributed by atoms with E-state index in [2.05, 4.69) is 20.4 Å². The fraction of sp³-hybridized carbons (Fsp3) is 0.167. The minimum Gasteiger partial charge on any atom is -0.410 e. The SMILES string of the molecule is Cn1cc(-c2cnc(N)c(C(=O)N[C@@H]3CCN(C(=O)Oc4cccc(-c5cncc6ccccc56)c4)C3)c2)cn1. The quantitative estimate of drug-likeness (QED) is 0.345. The maximum Gasteiger partial charge on any atom is 0.415 e. The van der Waals surface area contributed by atoms with Gasteiger partial charge in [-0.3, -0.25) is 14.5 Å². The van der Waals surface area contributed by atoms with Crippen LogP contribution in [0.5, 0.6) is 5.75 Å². The molecule has 40 heavy (non-hydrogen) atoms. The zero-order valence-corrected chi connectivity index (χ0v) is 21.8. The lowest BCUT2D eigenvalue weighted by molar-refractivity contribution is 0.0937. The number of carbonyl (C=O) groups excluding carboxylic acids is 2. The third-order valence-corrected chi connectivity index (χ3v) is 7.00. The van der Waals surface area contributed by atoms with E-state index in [9.17, 15) is 9.59 Å². The molecule has 2 aromatic carbocycles. The van der Waals surface area contributed by atoms with Crippen molar-refractivity contribution in [3.63, 3.8) is 0 Å². The van der Waals surface area contributed by atoms with Crippen LogP contribution in [-0.2, 0) is 7.05 Å². The molecule has 1 aliphatic rings. The van der Waals surface area contributed by atoms with Crippen molar-refractivity contribution in [1.82, 2.24) is 30.0 Å². The highest BCUT2D eigenvalue weighted by Gasteiger charge is 2.29. The zero-order valence-electron chi connectivity index (χ0n) is 21.8. The smallest absolute Gasteiger partial charge is 0.410 e. The van der Waals surface area contributed by atoms with Crippen LogP contribution in [0.25, 0.3) is 33.0 Å². The number of amides is 2. The minimum atomic E-state index is -0.468. The summed E-state index contributed by atoms with van der Waals surface area (Å²) < 4.78 is 7.39. The molecule has 10 heteroatoms. The largest absolute Gasteiger partial charge is 0.415 e. The average molecular weight is 534 g/mol. The van der Waals surface area contributed by atoms with Crippen LogP contribution in [0.3, 0.4) is 0 Å². The van der Waals surface area contributed by atoms with E-state index < -0.39 is 6.09 Å². The van der Waals surface area contributed by atoms with Crippen LogP contribution >= 0.6 is 0 Å². The number of nitrogens with two attached hydrogens (primary N) is 1.